The van der Waals surface area contributed by atoms with Gasteiger partial charge < -0.3 is 10.2 Å². The fourth-order valence-electron chi connectivity index (χ4n) is 3.10. The maximum atomic E-state index is 11.7. The Morgan fingerprint density at radius 2 is 2.33 bits per heavy atom. The third-order valence-electron chi connectivity index (χ3n) is 4.18. The van der Waals surface area contributed by atoms with Crippen LogP contribution in [0.2, 0.25) is 0 Å². The Hall–Kier alpha value is -2.48. The lowest BCUT2D eigenvalue weighted by atomic mass is 10.1. The smallest absolute Gasteiger partial charge is 0.252 e. The van der Waals surface area contributed by atoms with Crippen molar-refractivity contribution >= 4 is 33.3 Å². The Morgan fingerprint density at radius 3 is 3.21 bits per heavy atom. The van der Waals surface area contributed by atoms with E-state index in [0.717, 1.165) is 47.7 Å². The second-order valence-corrected chi connectivity index (χ2v) is 6.90. The number of piperidine rings is 1. The van der Waals surface area contributed by atoms with Crippen molar-refractivity contribution in [3.63, 3.8) is 0 Å². The molecule has 1 unspecified atom stereocenters. The van der Waals surface area contributed by atoms with Crippen LogP contribution in [0.4, 0.5) is 11.8 Å². The molecule has 1 fully saturated rings. The van der Waals surface area contributed by atoms with Crippen LogP contribution >= 0.6 is 11.3 Å². The van der Waals surface area contributed by atoms with Gasteiger partial charge in [0.25, 0.3) is 5.56 Å². The lowest BCUT2D eigenvalue weighted by molar-refractivity contribution is 0.521. The zero-order chi connectivity index (χ0) is 16.5. The molecule has 0 spiro atoms. The van der Waals surface area contributed by atoms with E-state index in [0.29, 0.717) is 5.95 Å². The summed E-state index contributed by atoms with van der Waals surface area (Å²) in [5.74, 6) is 1.52. The van der Waals surface area contributed by atoms with Gasteiger partial charge in [-0.05, 0) is 31.2 Å². The minimum absolute atomic E-state index is 0.108. The van der Waals surface area contributed by atoms with E-state index < -0.39 is 0 Å². The first kappa shape index (κ1) is 15.1. The minimum atomic E-state index is -0.108. The quantitative estimate of drug-likeness (QED) is 0.758. The summed E-state index contributed by atoms with van der Waals surface area (Å²) in [5, 5.41) is 6.62. The third kappa shape index (κ3) is 2.96. The lowest BCUT2D eigenvalue weighted by Gasteiger charge is -2.33. The molecule has 3 aromatic rings. The Labute approximate surface area is 142 Å². The van der Waals surface area contributed by atoms with E-state index in [9.17, 15) is 4.79 Å². The summed E-state index contributed by atoms with van der Waals surface area (Å²) in [4.78, 5) is 30.8. The van der Waals surface area contributed by atoms with Crippen LogP contribution in [0.25, 0.3) is 10.2 Å². The molecule has 1 atom stereocenters. The van der Waals surface area contributed by atoms with Crippen molar-refractivity contribution in [2.24, 2.45) is 0 Å². The SMILES string of the molecule is Cc1cc(=O)[nH]c(N2CCCC(Nc3ncnc4sccc34)C2)n1. The highest BCUT2D eigenvalue weighted by Crippen LogP contribution is 2.26. The number of aromatic nitrogens is 4. The van der Waals surface area contributed by atoms with Gasteiger partial charge in [-0.25, -0.2) is 15.0 Å². The fraction of sp³-hybridized carbons (Fsp3) is 0.375. The molecule has 3 aromatic heterocycles. The number of aromatic amines is 1. The molecule has 4 heterocycles. The first-order valence-corrected chi connectivity index (χ1v) is 8.85. The van der Waals surface area contributed by atoms with E-state index in [4.69, 9.17) is 0 Å². The van der Waals surface area contributed by atoms with Gasteiger partial charge in [0.15, 0.2) is 0 Å². The molecule has 0 saturated carbocycles. The summed E-state index contributed by atoms with van der Waals surface area (Å²) >= 11 is 1.61. The largest absolute Gasteiger partial charge is 0.365 e. The first-order chi connectivity index (χ1) is 11.7. The summed E-state index contributed by atoms with van der Waals surface area (Å²) in [6, 6.07) is 3.81. The van der Waals surface area contributed by atoms with E-state index >= 15 is 0 Å². The molecule has 0 bridgehead atoms. The molecule has 0 amide bonds. The number of nitrogens with one attached hydrogen (secondary N) is 2. The standard InChI is InChI=1S/C16H18N6OS/c1-10-7-13(23)21-16(19-10)22-5-2-3-11(8-22)20-14-12-4-6-24-15(12)18-9-17-14/h4,6-7,9,11H,2-3,5,8H2,1H3,(H,17,18,20)(H,19,21,23). The minimum Gasteiger partial charge on any atom is -0.365 e. The Bertz CT molecular complexity index is 920. The molecule has 0 aromatic carbocycles. The van der Waals surface area contributed by atoms with Crippen LogP contribution in [-0.2, 0) is 0 Å². The van der Waals surface area contributed by atoms with Gasteiger partial charge in [0, 0.05) is 30.9 Å². The van der Waals surface area contributed by atoms with E-state index in [1.165, 1.54) is 6.07 Å². The van der Waals surface area contributed by atoms with E-state index in [1.807, 2.05) is 18.4 Å². The van der Waals surface area contributed by atoms with E-state index in [2.05, 4.69) is 30.2 Å². The van der Waals surface area contributed by atoms with Crippen LogP contribution in [0.5, 0.6) is 0 Å². The number of fused-ring (bicyclic) bond motifs is 1. The number of anilines is 2. The molecule has 0 aliphatic carbocycles. The average Bonchev–Trinajstić information content (AvgIpc) is 3.04. The number of hydrogen-bond acceptors (Lipinski definition) is 7. The van der Waals surface area contributed by atoms with Crippen molar-refractivity contribution < 1.29 is 0 Å². The predicted molar refractivity (Wildman–Crippen MR) is 95.9 cm³/mol. The molecular weight excluding hydrogens is 324 g/mol. The molecule has 1 aliphatic heterocycles. The number of thiophene rings is 1. The lowest BCUT2D eigenvalue weighted by Crippen LogP contribution is -2.43. The third-order valence-corrected chi connectivity index (χ3v) is 5.00. The summed E-state index contributed by atoms with van der Waals surface area (Å²) < 4.78 is 0. The molecule has 1 saturated heterocycles. The fourth-order valence-corrected chi connectivity index (χ4v) is 3.83. The van der Waals surface area contributed by atoms with Gasteiger partial charge in [-0.15, -0.1) is 11.3 Å². The van der Waals surface area contributed by atoms with Crippen molar-refractivity contribution in [3.8, 4) is 0 Å². The summed E-state index contributed by atoms with van der Waals surface area (Å²) in [6.07, 6.45) is 3.69. The van der Waals surface area contributed by atoms with Crippen molar-refractivity contribution in [1.29, 1.82) is 0 Å². The highest BCUT2D eigenvalue weighted by molar-refractivity contribution is 7.16. The zero-order valence-corrected chi connectivity index (χ0v) is 14.1. The molecule has 4 rings (SSSR count). The molecule has 2 N–H and O–H groups in total. The number of nitrogens with zero attached hydrogens (tertiary/aromatic N) is 4. The van der Waals surface area contributed by atoms with E-state index in [1.54, 1.807) is 17.7 Å². The number of hydrogen-bond donors (Lipinski definition) is 2. The molecule has 1 aliphatic rings. The van der Waals surface area contributed by atoms with Crippen LogP contribution in [0.15, 0.2) is 28.6 Å². The van der Waals surface area contributed by atoms with Crippen LogP contribution in [0, 0.1) is 6.92 Å². The van der Waals surface area contributed by atoms with Crippen molar-refractivity contribution in [2.45, 2.75) is 25.8 Å². The number of H-pyrrole nitrogens is 1. The van der Waals surface area contributed by atoms with Gasteiger partial charge >= 0.3 is 0 Å². The Morgan fingerprint density at radius 1 is 1.42 bits per heavy atom. The molecule has 0 radical (unpaired) electrons. The van der Waals surface area contributed by atoms with Gasteiger partial charge in [0.1, 0.15) is 17.0 Å². The van der Waals surface area contributed by atoms with Crippen molar-refractivity contribution in [2.75, 3.05) is 23.3 Å². The van der Waals surface area contributed by atoms with Gasteiger partial charge in [-0.2, -0.15) is 0 Å². The van der Waals surface area contributed by atoms with Gasteiger partial charge in [0.05, 0.1) is 5.39 Å². The number of rotatable bonds is 3. The highest BCUT2D eigenvalue weighted by Gasteiger charge is 2.22. The molecule has 124 valence electrons. The van der Waals surface area contributed by atoms with Gasteiger partial charge in [-0.3, -0.25) is 9.78 Å². The molecule has 7 nitrogen and oxygen atoms in total. The van der Waals surface area contributed by atoms with Gasteiger partial charge in [0.2, 0.25) is 5.95 Å². The summed E-state index contributed by atoms with van der Waals surface area (Å²) in [7, 11) is 0. The van der Waals surface area contributed by atoms with Crippen LogP contribution in [0.1, 0.15) is 18.5 Å². The maximum absolute atomic E-state index is 11.7. The molecule has 8 heteroatoms. The van der Waals surface area contributed by atoms with Crippen molar-refractivity contribution in [1.82, 2.24) is 19.9 Å². The second-order valence-electron chi connectivity index (χ2n) is 6.00. The monoisotopic (exact) mass is 342 g/mol. The summed E-state index contributed by atoms with van der Waals surface area (Å²) in [6.45, 7) is 3.51. The van der Waals surface area contributed by atoms with Crippen LogP contribution < -0.4 is 15.8 Å². The first-order valence-electron chi connectivity index (χ1n) is 7.97. The topological polar surface area (TPSA) is 86.8 Å². The van der Waals surface area contributed by atoms with Gasteiger partial charge in [-0.1, -0.05) is 0 Å². The maximum Gasteiger partial charge on any atom is 0.252 e. The summed E-state index contributed by atoms with van der Waals surface area (Å²) in [5.41, 5.74) is 0.628. The highest BCUT2D eigenvalue weighted by atomic mass is 32.1. The van der Waals surface area contributed by atoms with Crippen LogP contribution in [0.3, 0.4) is 0 Å². The normalized spacial score (nSPS) is 18.0. The number of aryl methyl sites for hydroxylation is 1. The molecule has 24 heavy (non-hydrogen) atoms. The average molecular weight is 342 g/mol. The second kappa shape index (κ2) is 6.20. The Kier molecular flexibility index (Phi) is 3.89. The Balaban J connectivity index is 1.54. The van der Waals surface area contributed by atoms with E-state index in [-0.39, 0.29) is 11.6 Å². The zero-order valence-electron chi connectivity index (χ0n) is 13.3. The predicted octanol–water partition coefficient (Wildman–Crippen LogP) is 2.16. The van der Waals surface area contributed by atoms with Crippen LogP contribution in [-0.4, -0.2) is 39.1 Å². The van der Waals surface area contributed by atoms with Crippen molar-refractivity contribution in [3.05, 3.63) is 39.9 Å². The molecular formula is C16H18N6OS.